The highest BCUT2D eigenvalue weighted by Crippen LogP contribution is 2.06. The van der Waals surface area contributed by atoms with Crippen LogP contribution in [-0.4, -0.2) is 20.6 Å². The van der Waals surface area contributed by atoms with Gasteiger partial charge in [-0.25, -0.2) is 0 Å². The molecule has 0 unspecified atom stereocenters. The van der Waals surface area contributed by atoms with E-state index in [1.54, 1.807) is 0 Å². The largest absolute Gasteiger partial charge is 0.136 e. The molecule has 4 nitrogen and oxygen atoms in total. The Bertz CT molecular complexity index is 236. The van der Waals surface area contributed by atoms with E-state index in [-0.39, 0.29) is 0 Å². The van der Waals surface area contributed by atoms with E-state index in [0.717, 1.165) is 12.8 Å². The van der Waals surface area contributed by atoms with Crippen molar-refractivity contribution in [2.45, 2.75) is 38.5 Å². The third-order valence-corrected chi connectivity index (χ3v) is 1.82. The number of nitrogens with zero attached hydrogens (tertiary/aromatic N) is 4. The molecule has 0 saturated heterocycles. The molecule has 0 amide bonds. The summed E-state index contributed by atoms with van der Waals surface area (Å²) >= 11 is 0. The fourth-order valence-electron chi connectivity index (χ4n) is 1.12. The first-order valence-corrected chi connectivity index (χ1v) is 4.91. The molecule has 0 fully saturated rings. The van der Waals surface area contributed by atoms with Gasteiger partial charge in [0.05, 0.1) is 12.4 Å². The van der Waals surface area contributed by atoms with Crippen molar-refractivity contribution in [3.63, 3.8) is 0 Å². The van der Waals surface area contributed by atoms with Gasteiger partial charge in [0.25, 0.3) is 0 Å². The standard InChI is InChI=1S/C8H12.C2H2N4/c1-2-4-6-8-7-5-3-1;1-2-4-6-5-3-1/h1-6H2;1-2H. The molecule has 0 bridgehead atoms. The summed E-state index contributed by atoms with van der Waals surface area (Å²) in [6.45, 7) is 0. The molecule has 1 aromatic heterocycles. The molecular weight excluding hydrogens is 176 g/mol. The maximum atomic E-state index is 3.36. The number of hydrogen-bond acceptors (Lipinski definition) is 4. The smallest absolute Gasteiger partial charge is 0.0716 e. The zero-order valence-electron chi connectivity index (χ0n) is 8.19. The van der Waals surface area contributed by atoms with Gasteiger partial charge >= 0.3 is 0 Å². The second-order valence-electron chi connectivity index (χ2n) is 2.98. The normalized spacial score (nSPS) is 14.9. The molecule has 1 aromatic rings. The highest BCUT2D eigenvalue weighted by atomic mass is 15.4. The molecule has 0 spiro atoms. The minimum atomic E-state index is 1.14. The van der Waals surface area contributed by atoms with E-state index in [4.69, 9.17) is 0 Å². The van der Waals surface area contributed by atoms with Crippen molar-refractivity contribution < 1.29 is 0 Å². The Morgan fingerprint density at radius 3 is 1.57 bits per heavy atom. The first-order valence-electron chi connectivity index (χ1n) is 4.91. The average Bonchev–Trinajstić information content (AvgIpc) is 2.20. The van der Waals surface area contributed by atoms with Crippen molar-refractivity contribution in [3.05, 3.63) is 12.4 Å². The van der Waals surface area contributed by atoms with Gasteiger partial charge < -0.3 is 0 Å². The van der Waals surface area contributed by atoms with Crippen molar-refractivity contribution in [1.29, 1.82) is 0 Å². The van der Waals surface area contributed by atoms with Gasteiger partial charge in [0.15, 0.2) is 0 Å². The molecule has 0 aromatic carbocycles. The van der Waals surface area contributed by atoms with Crippen LogP contribution < -0.4 is 0 Å². The zero-order chi connectivity index (χ0) is 9.90. The van der Waals surface area contributed by atoms with Crippen LogP contribution in [0.5, 0.6) is 0 Å². The molecule has 14 heavy (non-hydrogen) atoms. The van der Waals surface area contributed by atoms with Crippen LogP contribution in [-0.2, 0) is 0 Å². The fraction of sp³-hybridized carbons (Fsp3) is 0.600. The van der Waals surface area contributed by atoms with E-state index in [1.165, 1.54) is 38.1 Å². The molecule has 1 aliphatic rings. The van der Waals surface area contributed by atoms with Crippen LogP contribution in [0.1, 0.15) is 38.5 Å². The summed E-state index contributed by atoms with van der Waals surface area (Å²) in [6, 6.07) is 0. The molecule has 1 heterocycles. The van der Waals surface area contributed by atoms with E-state index in [1.807, 2.05) is 0 Å². The number of aromatic nitrogens is 4. The lowest BCUT2D eigenvalue weighted by Gasteiger charge is -1.97. The van der Waals surface area contributed by atoms with Crippen LogP contribution in [0, 0.1) is 11.8 Å². The lowest BCUT2D eigenvalue weighted by molar-refractivity contribution is 0.652. The Morgan fingerprint density at radius 1 is 0.714 bits per heavy atom. The SMILES string of the molecule is C1#CCCCCCC1.c1cnnnn1. The summed E-state index contributed by atoms with van der Waals surface area (Å²) < 4.78 is 0. The summed E-state index contributed by atoms with van der Waals surface area (Å²) in [5.41, 5.74) is 0. The Kier molecular flexibility index (Phi) is 6.13. The third-order valence-electron chi connectivity index (χ3n) is 1.82. The molecular formula is C10H14N4. The fourth-order valence-corrected chi connectivity index (χ4v) is 1.12. The molecule has 2 rings (SSSR count). The predicted molar refractivity (Wildman–Crippen MR) is 53.1 cm³/mol. The second-order valence-corrected chi connectivity index (χ2v) is 2.98. The summed E-state index contributed by atoms with van der Waals surface area (Å²) in [4.78, 5) is 0. The zero-order valence-corrected chi connectivity index (χ0v) is 8.19. The van der Waals surface area contributed by atoms with Crippen molar-refractivity contribution in [2.24, 2.45) is 0 Å². The number of hydrogen-bond donors (Lipinski definition) is 0. The van der Waals surface area contributed by atoms with E-state index in [9.17, 15) is 0 Å². The summed E-state index contributed by atoms with van der Waals surface area (Å²) in [5.74, 6) is 6.27. The first kappa shape index (κ1) is 10.6. The highest BCUT2D eigenvalue weighted by molar-refractivity contribution is 4.99. The summed E-state index contributed by atoms with van der Waals surface area (Å²) in [6.07, 6.45) is 10.7. The van der Waals surface area contributed by atoms with Gasteiger partial charge in [0.1, 0.15) is 0 Å². The maximum Gasteiger partial charge on any atom is 0.0716 e. The van der Waals surface area contributed by atoms with Gasteiger partial charge in [-0.05, 0) is 23.3 Å². The molecule has 0 radical (unpaired) electrons. The maximum absolute atomic E-state index is 3.36. The van der Waals surface area contributed by atoms with Gasteiger partial charge in [-0.15, -0.1) is 22.0 Å². The van der Waals surface area contributed by atoms with Crippen LogP contribution in [0.25, 0.3) is 0 Å². The van der Waals surface area contributed by atoms with Gasteiger partial charge in [-0.2, -0.15) is 0 Å². The molecule has 1 aliphatic carbocycles. The highest BCUT2D eigenvalue weighted by Gasteiger charge is 1.89. The van der Waals surface area contributed by atoms with Gasteiger partial charge in [0, 0.05) is 12.8 Å². The molecule has 0 saturated carbocycles. The molecule has 0 aliphatic heterocycles. The van der Waals surface area contributed by atoms with Gasteiger partial charge in [0.2, 0.25) is 0 Å². The monoisotopic (exact) mass is 190 g/mol. The lowest BCUT2D eigenvalue weighted by atomic mass is 10.1. The van der Waals surface area contributed by atoms with Gasteiger partial charge in [-0.1, -0.05) is 12.8 Å². The topological polar surface area (TPSA) is 51.6 Å². The van der Waals surface area contributed by atoms with Crippen LogP contribution in [0.15, 0.2) is 12.4 Å². The second kappa shape index (κ2) is 8.11. The molecule has 4 heteroatoms. The number of rotatable bonds is 0. The van der Waals surface area contributed by atoms with E-state index in [2.05, 4.69) is 32.5 Å². The Balaban J connectivity index is 0.000000146. The minimum absolute atomic E-state index is 1.14. The van der Waals surface area contributed by atoms with Gasteiger partial charge in [-0.3, -0.25) is 0 Å². The summed E-state index contributed by atoms with van der Waals surface area (Å²) in [7, 11) is 0. The molecule has 0 atom stereocenters. The minimum Gasteiger partial charge on any atom is -0.136 e. The van der Waals surface area contributed by atoms with E-state index >= 15 is 0 Å². The van der Waals surface area contributed by atoms with Crippen LogP contribution in [0.2, 0.25) is 0 Å². The van der Waals surface area contributed by atoms with E-state index in [0.29, 0.717) is 0 Å². The van der Waals surface area contributed by atoms with Crippen LogP contribution >= 0.6 is 0 Å². The van der Waals surface area contributed by atoms with E-state index < -0.39 is 0 Å². The lowest BCUT2D eigenvalue weighted by Crippen LogP contribution is -1.84. The first-order chi connectivity index (χ1) is 7.00. The quantitative estimate of drug-likeness (QED) is 0.583. The van der Waals surface area contributed by atoms with Crippen LogP contribution in [0.3, 0.4) is 0 Å². The third kappa shape index (κ3) is 6.06. The van der Waals surface area contributed by atoms with Crippen molar-refractivity contribution in [2.75, 3.05) is 0 Å². The Morgan fingerprint density at radius 2 is 1.21 bits per heavy atom. The molecule has 74 valence electrons. The predicted octanol–water partition coefficient (Wildman–Crippen LogP) is 1.61. The molecule has 0 N–H and O–H groups in total. The van der Waals surface area contributed by atoms with Crippen molar-refractivity contribution in [3.8, 4) is 11.8 Å². The van der Waals surface area contributed by atoms with Crippen LogP contribution in [0.4, 0.5) is 0 Å². The summed E-state index contributed by atoms with van der Waals surface area (Å²) in [5, 5.41) is 13.1. The average molecular weight is 190 g/mol. The Hall–Kier alpha value is -1.50. The van der Waals surface area contributed by atoms with Crippen molar-refractivity contribution >= 4 is 0 Å². The Labute approximate surface area is 84.1 Å². The van der Waals surface area contributed by atoms with Crippen molar-refractivity contribution in [1.82, 2.24) is 20.6 Å².